The molecule has 13 nitrogen and oxygen atoms in total. The van der Waals surface area contributed by atoms with Crippen LogP contribution in [0, 0.1) is 0 Å². The van der Waals surface area contributed by atoms with Crippen LogP contribution in [-0.2, 0) is 38.1 Å². The predicted octanol–water partition coefficient (Wildman–Crippen LogP) is 1.95. The van der Waals surface area contributed by atoms with Crippen LogP contribution >= 0.6 is 0 Å². The number of hydrogen-bond acceptors (Lipinski definition) is 11. The van der Waals surface area contributed by atoms with Crippen molar-refractivity contribution in [2.24, 2.45) is 0 Å². The van der Waals surface area contributed by atoms with Crippen LogP contribution in [0.15, 0.2) is 55.1 Å². The van der Waals surface area contributed by atoms with Gasteiger partial charge in [-0.15, -0.1) is 0 Å². The minimum atomic E-state index is -1.48. The minimum absolute atomic E-state index is 0.0151. The predicted molar refractivity (Wildman–Crippen MR) is 150 cm³/mol. The zero-order chi connectivity index (χ0) is 31.7. The van der Waals surface area contributed by atoms with Gasteiger partial charge in [0.1, 0.15) is 18.8 Å². The van der Waals surface area contributed by atoms with Crippen LogP contribution in [0.3, 0.4) is 0 Å². The molecule has 1 saturated heterocycles. The molecule has 0 aliphatic carbocycles. The van der Waals surface area contributed by atoms with Crippen molar-refractivity contribution in [3.05, 3.63) is 77.4 Å². The average molecular weight is 607 g/mol. The second-order valence-electron chi connectivity index (χ2n) is 10.3. The van der Waals surface area contributed by atoms with Crippen LogP contribution in [0.25, 0.3) is 5.70 Å². The zero-order valence-electron chi connectivity index (χ0n) is 24.2. The molecule has 0 spiro atoms. The largest absolute Gasteiger partial charge is 0.463 e. The first kappa shape index (κ1) is 30.6. The van der Waals surface area contributed by atoms with Gasteiger partial charge in [0.15, 0.2) is 18.5 Å². The number of hydrogen-bond donors (Lipinski definition) is 0. The summed E-state index contributed by atoms with van der Waals surface area (Å²) in [5.41, 5.74) is 1.85. The van der Waals surface area contributed by atoms with E-state index in [9.17, 15) is 28.8 Å². The van der Waals surface area contributed by atoms with E-state index in [0.29, 0.717) is 16.8 Å². The number of carbonyl (C=O) groups is 6. The molecule has 0 radical (unpaired) electrons. The topological polar surface area (TPSA) is 155 Å². The number of ether oxygens (including phenoxy) is 5. The van der Waals surface area contributed by atoms with Crippen molar-refractivity contribution < 1.29 is 52.5 Å². The van der Waals surface area contributed by atoms with E-state index in [1.165, 1.54) is 24.0 Å². The van der Waals surface area contributed by atoms with Crippen molar-refractivity contribution in [2.75, 3.05) is 19.8 Å². The highest BCUT2D eigenvalue weighted by atomic mass is 16.7. The fourth-order valence-electron chi connectivity index (χ4n) is 5.60. The molecule has 5 atom stereocenters. The van der Waals surface area contributed by atoms with Gasteiger partial charge in [-0.25, -0.2) is 0 Å². The quantitative estimate of drug-likeness (QED) is 0.234. The third-order valence-electron chi connectivity index (χ3n) is 7.43. The Bertz CT molecular complexity index is 1480. The SMILES string of the molecule is C=C1c2ccccc2C(=O)N1CCO[C@@H]1OC(COC(C)=O)[C@@H](OC(C)=O)[C@H](OC(C)=O)C1N1C(=O)c2ccccc2C1=O. The van der Waals surface area contributed by atoms with Crippen LogP contribution < -0.4 is 0 Å². The Morgan fingerprint density at radius 2 is 1.30 bits per heavy atom. The van der Waals surface area contributed by atoms with Crippen LogP contribution in [0.1, 0.15) is 57.4 Å². The summed E-state index contributed by atoms with van der Waals surface area (Å²) in [6.07, 6.45) is -5.58. The van der Waals surface area contributed by atoms with E-state index < -0.39 is 67.0 Å². The normalized spacial score (nSPS) is 24.2. The maximum absolute atomic E-state index is 13.6. The summed E-state index contributed by atoms with van der Waals surface area (Å²) in [4.78, 5) is 78.7. The number of imide groups is 1. The first-order chi connectivity index (χ1) is 21.0. The maximum atomic E-state index is 13.6. The zero-order valence-corrected chi connectivity index (χ0v) is 24.2. The molecule has 5 rings (SSSR count). The summed E-state index contributed by atoms with van der Waals surface area (Å²) < 4.78 is 28.4. The molecule has 1 fully saturated rings. The molecule has 3 amide bonds. The number of benzene rings is 2. The highest BCUT2D eigenvalue weighted by Gasteiger charge is 2.57. The van der Waals surface area contributed by atoms with E-state index in [-0.39, 0.29) is 30.2 Å². The third kappa shape index (κ3) is 5.71. The van der Waals surface area contributed by atoms with Crippen molar-refractivity contribution >= 4 is 41.3 Å². The second-order valence-corrected chi connectivity index (χ2v) is 10.3. The molecule has 0 bridgehead atoms. The molecule has 0 saturated carbocycles. The van der Waals surface area contributed by atoms with Crippen LogP contribution in [0.5, 0.6) is 0 Å². The lowest BCUT2D eigenvalue weighted by atomic mass is 9.94. The molecular formula is C31H30N2O11. The van der Waals surface area contributed by atoms with Crippen LogP contribution in [-0.4, -0.2) is 95.8 Å². The average Bonchev–Trinajstić information content (AvgIpc) is 3.37. The molecule has 3 aliphatic heterocycles. The molecule has 230 valence electrons. The van der Waals surface area contributed by atoms with Crippen LogP contribution in [0.2, 0.25) is 0 Å². The number of carbonyl (C=O) groups excluding carboxylic acids is 6. The van der Waals surface area contributed by atoms with E-state index in [2.05, 4.69) is 6.58 Å². The van der Waals surface area contributed by atoms with Crippen LogP contribution in [0.4, 0.5) is 0 Å². The minimum Gasteiger partial charge on any atom is -0.463 e. The lowest BCUT2D eigenvalue weighted by Gasteiger charge is -2.47. The molecule has 2 aromatic carbocycles. The smallest absolute Gasteiger partial charge is 0.303 e. The Morgan fingerprint density at radius 3 is 1.82 bits per heavy atom. The van der Waals surface area contributed by atoms with Gasteiger partial charge in [-0.05, 0) is 18.2 Å². The van der Waals surface area contributed by atoms with Gasteiger partial charge in [-0.3, -0.25) is 33.7 Å². The molecule has 3 heterocycles. The Morgan fingerprint density at radius 1 is 0.773 bits per heavy atom. The summed E-state index contributed by atoms with van der Waals surface area (Å²) in [7, 11) is 0. The number of esters is 3. The third-order valence-corrected chi connectivity index (χ3v) is 7.43. The van der Waals surface area contributed by atoms with Gasteiger partial charge in [-0.1, -0.05) is 36.9 Å². The van der Waals surface area contributed by atoms with Gasteiger partial charge in [-0.2, -0.15) is 0 Å². The summed E-state index contributed by atoms with van der Waals surface area (Å²) in [5.74, 6) is -3.94. The van der Waals surface area contributed by atoms with Crippen molar-refractivity contribution in [3.63, 3.8) is 0 Å². The van der Waals surface area contributed by atoms with Gasteiger partial charge in [0.25, 0.3) is 17.7 Å². The van der Waals surface area contributed by atoms with Crippen molar-refractivity contribution in [1.82, 2.24) is 9.80 Å². The highest BCUT2D eigenvalue weighted by molar-refractivity contribution is 6.21. The monoisotopic (exact) mass is 606 g/mol. The van der Waals surface area contributed by atoms with Crippen molar-refractivity contribution in [3.8, 4) is 0 Å². The number of fused-ring (bicyclic) bond motifs is 2. The first-order valence-corrected chi connectivity index (χ1v) is 13.8. The standard InChI is InChI=1S/C31H30N2O11/c1-16-20-9-5-6-10-21(20)28(37)32(16)13-14-40-31-25(33-29(38)22-11-7-8-12-23(22)30(33)39)27(43-19(4)36)26(42-18(3)35)24(44-31)15-41-17(2)34/h5-12,24-27,31H,1,13-15H2,2-4H3/t24?,25?,26-,27-,31-/m1/s1. The lowest BCUT2D eigenvalue weighted by molar-refractivity contribution is -0.285. The Kier molecular flexibility index (Phi) is 8.61. The summed E-state index contributed by atoms with van der Waals surface area (Å²) in [6, 6.07) is 11.7. The van der Waals surface area contributed by atoms with Crippen molar-refractivity contribution in [1.29, 1.82) is 0 Å². The van der Waals surface area contributed by atoms with E-state index in [0.717, 1.165) is 18.7 Å². The Hall–Kier alpha value is -4.88. The van der Waals surface area contributed by atoms with Gasteiger partial charge in [0.05, 0.1) is 17.7 Å². The fourth-order valence-corrected chi connectivity index (χ4v) is 5.60. The molecule has 0 aromatic heterocycles. The maximum Gasteiger partial charge on any atom is 0.303 e. The van der Waals surface area contributed by atoms with E-state index in [4.69, 9.17) is 23.7 Å². The summed E-state index contributed by atoms with van der Waals surface area (Å²) in [5, 5.41) is 0. The van der Waals surface area contributed by atoms with Gasteiger partial charge in [0, 0.05) is 44.1 Å². The van der Waals surface area contributed by atoms with Crippen molar-refractivity contribution in [2.45, 2.75) is 51.4 Å². The number of amides is 3. The first-order valence-electron chi connectivity index (χ1n) is 13.8. The lowest BCUT2D eigenvalue weighted by Crippen LogP contribution is -2.67. The summed E-state index contributed by atoms with van der Waals surface area (Å²) >= 11 is 0. The van der Waals surface area contributed by atoms with Gasteiger partial charge >= 0.3 is 17.9 Å². The van der Waals surface area contributed by atoms with E-state index in [1.54, 1.807) is 36.4 Å². The summed E-state index contributed by atoms with van der Waals surface area (Å²) in [6.45, 7) is 6.82. The van der Waals surface area contributed by atoms with E-state index >= 15 is 0 Å². The highest BCUT2D eigenvalue weighted by Crippen LogP contribution is 2.36. The molecule has 3 aliphatic rings. The molecule has 2 unspecified atom stereocenters. The molecule has 13 heteroatoms. The molecular weight excluding hydrogens is 576 g/mol. The second kappa shape index (κ2) is 12.4. The molecule has 44 heavy (non-hydrogen) atoms. The van der Waals surface area contributed by atoms with Gasteiger partial charge < -0.3 is 28.6 Å². The fraction of sp³-hybridized carbons (Fsp3) is 0.355. The Labute approximate surface area is 252 Å². The number of rotatable bonds is 9. The number of nitrogens with zero attached hydrogens (tertiary/aromatic N) is 2. The van der Waals surface area contributed by atoms with E-state index in [1.807, 2.05) is 0 Å². The molecule has 2 aromatic rings. The van der Waals surface area contributed by atoms with Gasteiger partial charge in [0.2, 0.25) is 0 Å². The molecule has 0 N–H and O–H groups in total. The Balaban J connectivity index is 1.48.